The van der Waals surface area contributed by atoms with Crippen molar-refractivity contribution in [3.05, 3.63) is 130 Å². The van der Waals surface area contributed by atoms with Crippen LogP contribution in [0.3, 0.4) is 0 Å². The molecule has 0 radical (unpaired) electrons. The maximum Gasteiger partial charge on any atom is 0.272 e. The molecule has 0 saturated carbocycles. The van der Waals surface area contributed by atoms with Gasteiger partial charge < -0.3 is 16.0 Å². The molecule has 0 bridgehead atoms. The summed E-state index contributed by atoms with van der Waals surface area (Å²) < 4.78 is 0.891. The molecule has 7 nitrogen and oxygen atoms in total. The molecule has 1 atom stereocenters. The van der Waals surface area contributed by atoms with Gasteiger partial charge in [-0.25, -0.2) is 0 Å². The summed E-state index contributed by atoms with van der Waals surface area (Å²) in [5.41, 5.74) is 2.91. The Morgan fingerprint density at radius 3 is 2.12 bits per heavy atom. The second-order valence-corrected chi connectivity index (χ2v) is 11.6. The highest BCUT2D eigenvalue weighted by Gasteiger charge is 2.17. The Morgan fingerprint density at radius 1 is 0.762 bits per heavy atom. The maximum absolute atomic E-state index is 13.4. The van der Waals surface area contributed by atoms with Gasteiger partial charge in [-0.2, -0.15) is 0 Å². The quantitative estimate of drug-likeness (QED) is 0.0966. The summed E-state index contributed by atoms with van der Waals surface area (Å²) in [5.74, 6) is -1.15. The molecule has 0 aromatic heterocycles. The standard InChI is InChI=1S/C33H28BrN3O4S/c1-21(38)24-13-17-27(18-14-24)35-31(39)22(2)42-29-10-6-9-28(20-29)36-33(41)30(19-23-11-15-26(34)16-12-23)37-32(40)25-7-4-3-5-8-25/h3-20,22H,1-2H3,(H,35,39)(H,36,41)(H,37,40)/b30-19-. The number of halogens is 1. The van der Waals surface area contributed by atoms with Gasteiger partial charge in [0.25, 0.3) is 11.8 Å². The Morgan fingerprint density at radius 2 is 1.45 bits per heavy atom. The molecule has 4 aromatic carbocycles. The lowest BCUT2D eigenvalue weighted by Crippen LogP contribution is -2.30. The van der Waals surface area contributed by atoms with Crippen molar-refractivity contribution >= 4 is 68.6 Å². The predicted molar refractivity (Wildman–Crippen MR) is 171 cm³/mol. The van der Waals surface area contributed by atoms with E-state index >= 15 is 0 Å². The van der Waals surface area contributed by atoms with E-state index in [0.29, 0.717) is 22.5 Å². The van der Waals surface area contributed by atoms with Crippen LogP contribution in [0.1, 0.15) is 40.1 Å². The van der Waals surface area contributed by atoms with Crippen LogP contribution in [0.4, 0.5) is 11.4 Å². The Kier molecular flexibility index (Phi) is 10.5. The van der Waals surface area contributed by atoms with E-state index in [-0.39, 0.29) is 17.4 Å². The first kappa shape index (κ1) is 30.5. The van der Waals surface area contributed by atoms with Crippen LogP contribution in [0.5, 0.6) is 0 Å². The van der Waals surface area contributed by atoms with E-state index in [2.05, 4.69) is 31.9 Å². The minimum Gasteiger partial charge on any atom is -0.325 e. The zero-order valence-corrected chi connectivity index (χ0v) is 25.3. The number of thioether (sulfide) groups is 1. The molecule has 3 N–H and O–H groups in total. The number of hydrogen-bond donors (Lipinski definition) is 3. The normalized spacial score (nSPS) is 11.7. The van der Waals surface area contributed by atoms with Gasteiger partial charge in [-0.05, 0) is 92.2 Å². The van der Waals surface area contributed by atoms with E-state index in [9.17, 15) is 19.2 Å². The molecule has 4 rings (SSSR count). The van der Waals surface area contributed by atoms with E-state index in [1.807, 2.05) is 36.4 Å². The van der Waals surface area contributed by atoms with Gasteiger partial charge in [0, 0.05) is 31.9 Å². The number of anilines is 2. The summed E-state index contributed by atoms with van der Waals surface area (Å²) in [6.45, 7) is 3.27. The monoisotopic (exact) mass is 641 g/mol. The molecule has 0 aliphatic heterocycles. The van der Waals surface area contributed by atoms with Crippen LogP contribution in [-0.2, 0) is 9.59 Å². The second kappa shape index (κ2) is 14.4. The lowest BCUT2D eigenvalue weighted by Gasteiger charge is -2.14. The third kappa shape index (κ3) is 8.76. The first-order valence-electron chi connectivity index (χ1n) is 13.0. The molecule has 0 saturated heterocycles. The van der Waals surface area contributed by atoms with E-state index in [1.54, 1.807) is 79.7 Å². The van der Waals surface area contributed by atoms with Crippen LogP contribution < -0.4 is 16.0 Å². The Labute approximate surface area is 256 Å². The van der Waals surface area contributed by atoms with Crippen molar-refractivity contribution in [2.24, 2.45) is 0 Å². The lowest BCUT2D eigenvalue weighted by molar-refractivity contribution is -0.115. The number of amides is 3. The van der Waals surface area contributed by atoms with E-state index in [1.165, 1.54) is 18.7 Å². The minimum atomic E-state index is -0.496. The number of carbonyl (C=O) groups is 4. The van der Waals surface area contributed by atoms with Crippen molar-refractivity contribution in [2.45, 2.75) is 24.0 Å². The van der Waals surface area contributed by atoms with E-state index in [4.69, 9.17) is 0 Å². The summed E-state index contributed by atoms with van der Waals surface area (Å²) in [6.07, 6.45) is 1.61. The van der Waals surface area contributed by atoms with Crippen molar-refractivity contribution in [1.82, 2.24) is 5.32 Å². The molecule has 0 fully saturated rings. The number of Topliss-reactive ketones (excluding diaryl/α,β-unsaturated/α-hetero) is 1. The van der Waals surface area contributed by atoms with E-state index in [0.717, 1.165) is 14.9 Å². The zero-order valence-electron chi connectivity index (χ0n) is 22.9. The summed E-state index contributed by atoms with van der Waals surface area (Å²) >= 11 is 4.74. The van der Waals surface area contributed by atoms with Gasteiger partial charge in [-0.15, -0.1) is 11.8 Å². The number of ketones is 1. The molecule has 42 heavy (non-hydrogen) atoms. The van der Waals surface area contributed by atoms with Gasteiger partial charge in [0.15, 0.2) is 5.78 Å². The molecule has 4 aromatic rings. The summed E-state index contributed by atoms with van der Waals surface area (Å²) in [4.78, 5) is 51.3. The lowest BCUT2D eigenvalue weighted by atomic mass is 10.1. The number of benzene rings is 4. The van der Waals surface area contributed by atoms with Gasteiger partial charge in [-0.3, -0.25) is 19.2 Å². The second-order valence-electron chi connectivity index (χ2n) is 9.29. The molecular formula is C33H28BrN3O4S. The van der Waals surface area contributed by atoms with Gasteiger partial charge >= 0.3 is 0 Å². The first-order chi connectivity index (χ1) is 20.2. The third-order valence-electron chi connectivity index (χ3n) is 6.04. The minimum absolute atomic E-state index is 0.0433. The van der Waals surface area contributed by atoms with Gasteiger partial charge in [0.1, 0.15) is 5.70 Å². The SMILES string of the molecule is CC(=O)c1ccc(NC(=O)C(C)Sc2cccc(NC(=O)/C(=C/c3ccc(Br)cc3)NC(=O)c3ccccc3)c2)cc1. The largest absolute Gasteiger partial charge is 0.325 e. The maximum atomic E-state index is 13.4. The molecular weight excluding hydrogens is 614 g/mol. The Balaban J connectivity index is 1.45. The molecule has 0 spiro atoms. The fraction of sp³-hybridized carbons (Fsp3) is 0.0909. The van der Waals surface area contributed by atoms with E-state index < -0.39 is 17.1 Å². The fourth-order valence-electron chi connectivity index (χ4n) is 3.80. The molecule has 0 aliphatic carbocycles. The van der Waals surface area contributed by atoms with Gasteiger partial charge in [0.05, 0.1) is 5.25 Å². The summed E-state index contributed by atoms with van der Waals surface area (Å²) in [5, 5.41) is 8.00. The number of hydrogen-bond acceptors (Lipinski definition) is 5. The number of nitrogens with one attached hydrogen (secondary N) is 3. The van der Waals surface area contributed by atoms with Crippen molar-refractivity contribution in [1.29, 1.82) is 0 Å². The van der Waals surface area contributed by atoms with Crippen molar-refractivity contribution in [2.75, 3.05) is 10.6 Å². The topological polar surface area (TPSA) is 104 Å². The highest BCUT2D eigenvalue weighted by Crippen LogP contribution is 2.27. The molecule has 0 heterocycles. The first-order valence-corrected chi connectivity index (χ1v) is 14.7. The van der Waals surface area contributed by atoms with Crippen LogP contribution in [0.25, 0.3) is 6.08 Å². The predicted octanol–water partition coefficient (Wildman–Crippen LogP) is 7.18. The molecule has 0 aliphatic rings. The molecule has 3 amide bonds. The fourth-order valence-corrected chi connectivity index (χ4v) is 4.99. The van der Waals surface area contributed by atoms with Crippen LogP contribution in [0.15, 0.2) is 118 Å². The third-order valence-corrected chi connectivity index (χ3v) is 7.67. The van der Waals surface area contributed by atoms with Crippen molar-refractivity contribution < 1.29 is 19.2 Å². The Hall–Kier alpha value is -4.47. The van der Waals surface area contributed by atoms with Crippen LogP contribution in [0, 0.1) is 0 Å². The summed E-state index contributed by atoms with van der Waals surface area (Å²) in [7, 11) is 0. The van der Waals surface area contributed by atoms with Crippen molar-refractivity contribution in [3.8, 4) is 0 Å². The Bertz CT molecular complexity index is 1620. The van der Waals surface area contributed by atoms with Crippen LogP contribution in [-0.4, -0.2) is 28.8 Å². The molecule has 212 valence electrons. The van der Waals surface area contributed by atoms with Gasteiger partial charge in [-0.1, -0.05) is 52.3 Å². The summed E-state index contributed by atoms with van der Waals surface area (Å²) in [6, 6.07) is 29.9. The highest BCUT2D eigenvalue weighted by molar-refractivity contribution is 9.10. The highest BCUT2D eigenvalue weighted by atomic mass is 79.9. The van der Waals surface area contributed by atoms with Crippen molar-refractivity contribution in [3.63, 3.8) is 0 Å². The number of rotatable bonds is 10. The van der Waals surface area contributed by atoms with Crippen LogP contribution >= 0.6 is 27.7 Å². The average Bonchev–Trinajstić information content (AvgIpc) is 2.98. The van der Waals surface area contributed by atoms with Gasteiger partial charge in [0.2, 0.25) is 5.91 Å². The number of carbonyl (C=O) groups excluding carboxylic acids is 4. The van der Waals surface area contributed by atoms with Crippen LogP contribution in [0.2, 0.25) is 0 Å². The molecule has 1 unspecified atom stereocenters. The zero-order chi connectivity index (χ0) is 30.1. The average molecular weight is 643 g/mol. The molecule has 9 heteroatoms. The smallest absolute Gasteiger partial charge is 0.272 e.